The number of thiol groups is 1. The molecule has 0 saturated carbocycles. The number of aromatic nitrogens is 2. The lowest BCUT2D eigenvalue weighted by Crippen LogP contribution is -2.23. The van der Waals surface area contributed by atoms with Crippen LogP contribution < -0.4 is 4.90 Å². The molecule has 88 valence electrons. The van der Waals surface area contributed by atoms with E-state index in [2.05, 4.69) is 37.0 Å². The molecule has 1 aromatic heterocycles. The van der Waals surface area contributed by atoms with E-state index in [0.717, 1.165) is 43.3 Å². The summed E-state index contributed by atoms with van der Waals surface area (Å²) in [5.74, 6) is 2.64. The van der Waals surface area contributed by atoms with Crippen molar-refractivity contribution in [2.75, 3.05) is 23.7 Å². The first kappa shape index (κ1) is 12.1. The second kappa shape index (κ2) is 5.80. The van der Waals surface area contributed by atoms with Crippen molar-refractivity contribution in [1.82, 2.24) is 9.97 Å². The van der Waals surface area contributed by atoms with Crippen LogP contribution in [0.3, 0.4) is 0 Å². The molecule has 1 aromatic rings. The standard InChI is InChI=1S/C10H16N3OPS/c15-14-8-2-5-13(7-8)10-1-4-11-9(12-10)3-6-16/h1,4,8,16H,2-3,5-7,15H2. The van der Waals surface area contributed by atoms with Crippen molar-refractivity contribution in [3.05, 3.63) is 18.1 Å². The Morgan fingerprint density at radius 1 is 1.62 bits per heavy atom. The monoisotopic (exact) mass is 257 g/mol. The SMILES string of the molecule is POC1CCN(c2ccnc(CCS)n2)C1. The molecular weight excluding hydrogens is 241 g/mol. The van der Waals surface area contributed by atoms with Crippen LogP contribution in [0, 0.1) is 0 Å². The van der Waals surface area contributed by atoms with Crippen molar-refractivity contribution < 1.29 is 4.52 Å². The molecule has 0 aliphatic carbocycles. The maximum Gasteiger partial charge on any atom is 0.132 e. The molecule has 0 aromatic carbocycles. The summed E-state index contributed by atoms with van der Waals surface area (Å²) in [6, 6.07) is 1.95. The molecule has 1 aliphatic heterocycles. The van der Waals surface area contributed by atoms with E-state index < -0.39 is 0 Å². The van der Waals surface area contributed by atoms with Gasteiger partial charge in [0.1, 0.15) is 11.6 Å². The summed E-state index contributed by atoms with van der Waals surface area (Å²) in [6.07, 6.45) is 3.98. The molecule has 0 spiro atoms. The van der Waals surface area contributed by atoms with Gasteiger partial charge in [-0.3, -0.25) is 0 Å². The van der Waals surface area contributed by atoms with E-state index in [-0.39, 0.29) is 0 Å². The van der Waals surface area contributed by atoms with E-state index in [0.29, 0.717) is 6.10 Å². The molecule has 1 fully saturated rings. The van der Waals surface area contributed by atoms with Crippen LogP contribution in [0.2, 0.25) is 0 Å². The fraction of sp³-hybridized carbons (Fsp3) is 0.600. The van der Waals surface area contributed by atoms with Gasteiger partial charge in [0.05, 0.1) is 6.10 Å². The third-order valence-corrected chi connectivity index (χ3v) is 3.30. The van der Waals surface area contributed by atoms with E-state index in [1.807, 2.05) is 12.3 Å². The minimum atomic E-state index is 0.299. The Morgan fingerprint density at radius 2 is 2.50 bits per heavy atom. The van der Waals surface area contributed by atoms with Gasteiger partial charge < -0.3 is 9.42 Å². The highest BCUT2D eigenvalue weighted by atomic mass is 32.1. The highest BCUT2D eigenvalue weighted by Crippen LogP contribution is 2.20. The third kappa shape index (κ3) is 2.84. The second-order valence-electron chi connectivity index (χ2n) is 3.80. The van der Waals surface area contributed by atoms with Gasteiger partial charge in [-0.15, -0.1) is 0 Å². The Hall–Kier alpha value is -0.380. The first-order valence-corrected chi connectivity index (χ1v) is 6.47. The summed E-state index contributed by atoms with van der Waals surface area (Å²) >= 11 is 4.19. The zero-order valence-electron chi connectivity index (χ0n) is 9.04. The molecule has 4 nitrogen and oxygen atoms in total. The molecule has 6 heteroatoms. The highest BCUT2D eigenvalue weighted by molar-refractivity contribution is 7.80. The molecule has 16 heavy (non-hydrogen) atoms. The maximum atomic E-state index is 5.26. The molecule has 0 bridgehead atoms. The number of aryl methyl sites for hydroxylation is 1. The number of hydrogen-bond acceptors (Lipinski definition) is 5. The summed E-state index contributed by atoms with van der Waals surface area (Å²) in [6.45, 7) is 1.90. The Balaban J connectivity index is 2.06. The predicted octanol–water partition coefficient (Wildman–Crippen LogP) is 1.33. The van der Waals surface area contributed by atoms with Crippen LogP contribution in [0.5, 0.6) is 0 Å². The van der Waals surface area contributed by atoms with Crippen molar-refractivity contribution in [2.45, 2.75) is 18.9 Å². The maximum absolute atomic E-state index is 5.26. The number of nitrogens with zero attached hydrogens (tertiary/aromatic N) is 3. The summed E-state index contributed by atoms with van der Waals surface area (Å²) in [4.78, 5) is 11.0. The largest absolute Gasteiger partial charge is 0.361 e. The first-order valence-electron chi connectivity index (χ1n) is 5.36. The molecule has 2 rings (SSSR count). The third-order valence-electron chi connectivity index (χ3n) is 2.69. The zero-order valence-corrected chi connectivity index (χ0v) is 11.1. The van der Waals surface area contributed by atoms with E-state index in [4.69, 9.17) is 4.52 Å². The van der Waals surface area contributed by atoms with Crippen LogP contribution in [0.25, 0.3) is 0 Å². The molecule has 1 saturated heterocycles. The molecule has 0 amide bonds. The Bertz CT molecular complexity index is 353. The van der Waals surface area contributed by atoms with E-state index in [1.165, 1.54) is 0 Å². The minimum Gasteiger partial charge on any atom is -0.361 e. The summed E-state index contributed by atoms with van der Waals surface area (Å²) in [7, 11) is 2.33. The average Bonchev–Trinajstić information content (AvgIpc) is 2.78. The molecule has 1 aliphatic rings. The van der Waals surface area contributed by atoms with Gasteiger partial charge in [0, 0.05) is 35.2 Å². The first-order chi connectivity index (χ1) is 7.83. The van der Waals surface area contributed by atoms with E-state index >= 15 is 0 Å². The van der Waals surface area contributed by atoms with Gasteiger partial charge in [-0.25, -0.2) is 9.97 Å². The fourth-order valence-corrected chi connectivity index (χ4v) is 2.25. The van der Waals surface area contributed by atoms with Crippen molar-refractivity contribution in [3.8, 4) is 0 Å². The molecular formula is C10H16N3OPS. The van der Waals surface area contributed by atoms with Crippen LogP contribution >= 0.6 is 22.1 Å². The van der Waals surface area contributed by atoms with E-state index in [1.54, 1.807) is 0 Å². The smallest absolute Gasteiger partial charge is 0.132 e. The molecule has 0 N–H and O–H groups in total. The van der Waals surface area contributed by atoms with Gasteiger partial charge in [-0.1, -0.05) is 0 Å². The lowest BCUT2D eigenvalue weighted by molar-refractivity contribution is 0.266. The number of anilines is 1. The highest BCUT2D eigenvalue weighted by Gasteiger charge is 2.23. The molecule has 2 atom stereocenters. The lowest BCUT2D eigenvalue weighted by atomic mass is 10.3. The van der Waals surface area contributed by atoms with Gasteiger partial charge >= 0.3 is 0 Å². The number of rotatable bonds is 4. The van der Waals surface area contributed by atoms with E-state index in [9.17, 15) is 0 Å². The minimum absolute atomic E-state index is 0.299. The zero-order chi connectivity index (χ0) is 11.4. The second-order valence-corrected chi connectivity index (χ2v) is 4.52. The predicted molar refractivity (Wildman–Crippen MR) is 71.0 cm³/mol. The summed E-state index contributed by atoms with van der Waals surface area (Å²) in [5, 5.41) is 0. The quantitative estimate of drug-likeness (QED) is 0.652. The van der Waals surface area contributed by atoms with Crippen molar-refractivity contribution in [1.29, 1.82) is 0 Å². The number of hydrogen-bond donors (Lipinski definition) is 1. The Labute approximate surface area is 103 Å². The lowest BCUT2D eigenvalue weighted by Gasteiger charge is -2.17. The van der Waals surface area contributed by atoms with Crippen molar-refractivity contribution >= 4 is 27.9 Å². The molecule has 0 radical (unpaired) electrons. The molecule has 2 unspecified atom stereocenters. The van der Waals surface area contributed by atoms with Crippen LogP contribution in [0.15, 0.2) is 12.3 Å². The fourth-order valence-electron chi connectivity index (χ4n) is 1.83. The van der Waals surface area contributed by atoms with Gasteiger partial charge in [0.2, 0.25) is 0 Å². The molecule has 2 heterocycles. The Morgan fingerprint density at radius 3 is 3.19 bits per heavy atom. The Kier molecular flexibility index (Phi) is 4.38. The summed E-state index contributed by atoms with van der Waals surface area (Å²) < 4.78 is 5.26. The van der Waals surface area contributed by atoms with Crippen molar-refractivity contribution in [3.63, 3.8) is 0 Å². The summed E-state index contributed by atoms with van der Waals surface area (Å²) in [5.41, 5.74) is 0. The van der Waals surface area contributed by atoms with Crippen LogP contribution in [-0.2, 0) is 10.9 Å². The normalized spacial score (nSPS) is 20.4. The topological polar surface area (TPSA) is 38.2 Å². The van der Waals surface area contributed by atoms with Gasteiger partial charge in [-0.2, -0.15) is 12.6 Å². The van der Waals surface area contributed by atoms with Crippen LogP contribution in [0.4, 0.5) is 5.82 Å². The van der Waals surface area contributed by atoms with Gasteiger partial charge in [0.15, 0.2) is 0 Å². The van der Waals surface area contributed by atoms with Gasteiger partial charge in [0.25, 0.3) is 0 Å². The van der Waals surface area contributed by atoms with Crippen LogP contribution in [-0.4, -0.2) is 34.9 Å². The van der Waals surface area contributed by atoms with Crippen molar-refractivity contribution in [2.24, 2.45) is 0 Å². The van der Waals surface area contributed by atoms with Crippen LogP contribution in [0.1, 0.15) is 12.2 Å². The van der Waals surface area contributed by atoms with Gasteiger partial charge in [-0.05, 0) is 18.2 Å². The average molecular weight is 257 g/mol.